The van der Waals surface area contributed by atoms with Gasteiger partial charge >= 0.3 is 30.0 Å². The predicted molar refractivity (Wildman–Crippen MR) is 207 cm³/mol. The SMILES string of the molecule is CCCCOC(=O)N[C@H]([C@@H](O)C(=O)O[C@H]1C[C@@]2(O)[C@@H](OC(=O)c3ccccc3)C3[C@](C)(C(=O)[C@H](OC(C)=O)C(=C1C)C2(C)C)[C@@H](O)C[C@H]1OC[C@@]31C(=O)OC)C(C)(C)C. The number of nitrogens with one attached hydrogen (secondary N) is 1. The summed E-state index contributed by atoms with van der Waals surface area (Å²) in [5.74, 6) is -6.35. The Bertz CT molecular complexity index is 1850. The first-order valence-corrected chi connectivity index (χ1v) is 20.1. The van der Waals surface area contributed by atoms with E-state index in [-0.39, 0.29) is 36.3 Å². The van der Waals surface area contributed by atoms with Gasteiger partial charge in [0.25, 0.3) is 0 Å². The molecular formula is C43H59NO15. The molecule has 1 heterocycles. The molecule has 0 spiro atoms. The summed E-state index contributed by atoms with van der Waals surface area (Å²) in [5, 5.41) is 39.7. The summed E-state index contributed by atoms with van der Waals surface area (Å²) >= 11 is 0. The van der Waals surface area contributed by atoms with Gasteiger partial charge in [-0.3, -0.25) is 14.4 Å². The van der Waals surface area contributed by atoms with Crippen LogP contribution in [-0.2, 0) is 47.6 Å². The molecule has 59 heavy (non-hydrogen) atoms. The van der Waals surface area contributed by atoms with Crippen molar-refractivity contribution in [1.29, 1.82) is 0 Å². The van der Waals surface area contributed by atoms with E-state index in [2.05, 4.69) is 5.32 Å². The van der Waals surface area contributed by atoms with Crippen molar-refractivity contribution < 1.29 is 72.5 Å². The molecule has 3 aliphatic carbocycles. The molecule has 0 aromatic heterocycles. The Hall–Kier alpha value is -4.38. The number of fused-ring (bicyclic) bond motifs is 5. The minimum absolute atomic E-state index is 0.00419. The number of Topliss-reactive ketones (excluding diaryl/α,β-unsaturated/α-hetero) is 1. The Labute approximate surface area is 344 Å². The van der Waals surface area contributed by atoms with Gasteiger partial charge in [-0.15, -0.1) is 0 Å². The average Bonchev–Trinajstić information content (AvgIpc) is 3.16. The lowest BCUT2D eigenvalue weighted by atomic mass is 9.42. The second-order valence-electron chi connectivity index (χ2n) is 18.1. The molecule has 1 saturated heterocycles. The van der Waals surface area contributed by atoms with Crippen molar-refractivity contribution in [3.05, 3.63) is 47.0 Å². The van der Waals surface area contributed by atoms with Crippen LogP contribution in [0.4, 0.5) is 4.79 Å². The van der Waals surface area contributed by atoms with Crippen molar-refractivity contribution in [1.82, 2.24) is 5.32 Å². The van der Waals surface area contributed by atoms with E-state index in [0.717, 1.165) is 20.5 Å². The molecule has 1 aromatic rings. The molecule has 1 amide bonds. The highest BCUT2D eigenvalue weighted by molar-refractivity contribution is 5.96. The van der Waals surface area contributed by atoms with E-state index in [1.54, 1.807) is 52.8 Å². The number of hydrogen-bond acceptors (Lipinski definition) is 15. The third-order valence-corrected chi connectivity index (χ3v) is 13.2. The zero-order valence-electron chi connectivity index (χ0n) is 35.5. The molecule has 2 saturated carbocycles. The van der Waals surface area contributed by atoms with Crippen LogP contribution < -0.4 is 5.32 Å². The van der Waals surface area contributed by atoms with E-state index >= 15 is 4.79 Å². The zero-order chi connectivity index (χ0) is 44.0. The lowest BCUT2D eigenvalue weighted by Gasteiger charge is -2.67. The highest BCUT2D eigenvalue weighted by Crippen LogP contribution is 2.66. The summed E-state index contributed by atoms with van der Waals surface area (Å²) < 4.78 is 34.6. The van der Waals surface area contributed by atoms with Crippen LogP contribution in [-0.4, -0.2) is 120 Å². The van der Waals surface area contributed by atoms with E-state index in [1.165, 1.54) is 26.0 Å². The zero-order valence-corrected chi connectivity index (χ0v) is 35.5. The topological polar surface area (TPSA) is 231 Å². The number of carbonyl (C=O) groups excluding carboxylic acids is 6. The number of ether oxygens (including phenoxy) is 6. The Kier molecular flexibility index (Phi) is 12.8. The number of unbranched alkanes of at least 4 members (excludes halogenated alkanes) is 1. The van der Waals surface area contributed by atoms with Crippen molar-refractivity contribution in [3.8, 4) is 0 Å². The molecule has 4 aliphatic rings. The van der Waals surface area contributed by atoms with Crippen molar-refractivity contribution >= 4 is 35.8 Å². The predicted octanol–water partition coefficient (Wildman–Crippen LogP) is 3.36. The molecule has 1 aromatic carbocycles. The van der Waals surface area contributed by atoms with Gasteiger partial charge in [0.05, 0.1) is 49.6 Å². The number of methoxy groups -OCH3 is 1. The Balaban J connectivity index is 1.72. The maximum Gasteiger partial charge on any atom is 0.407 e. The van der Waals surface area contributed by atoms with Gasteiger partial charge in [0, 0.05) is 31.1 Å². The normalized spacial score (nSPS) is 33.3. The van der Waals surface area contributed by atoms with Crippen molar-refractivity contribution in [3.63, 3.8) is 0 Å². The summed E-state index contributed by atoms with van der Waals surface area (Å²) in [6.07, 6.45) is -10.0. The van der Waals surface area contributed by atoms with Crippen LogP contribution in [0.2, 0.25) is 0 Å². The third kappa shape index (κ3) is 7.65. The number of benzene rings is 1. The van der Waals surface area contributed by atoms with Crippen LogP contribution in [0.25, 0.3) is 0 Å². The average molecular weight is 830 g/mol. The molecule has 1 aliphatic heterocycles. The number of aliphatic hydroxyl groups is 3. The molecule has 4 N–H and O–H groups in total. The summed E-state index contributed by atoms with van der Waals surface area (Å²) in [7, 11) is 1.14. The van der Waals surface area contributed by atoms with Crippen molar-refractivity contribution in [2.24, 2.45) is 27.6 Å². The second kappa shape index (κ2) is 16.6. The number of hydrogen-bond donors (Lipinski definition) is 4. The maximum atomic E-state index is 15.4. The Morgan fingerprint density at radius 2 is 1.68 bits per heavy atom. The van der Waals surface area contributed by atoms with Crippen molar-refractivity contribution in [2.45, 2.75) is 136 Å². The number of ketones is 1. The molecule has 11 atom stereocenters. The summed E-state index contributed by atoms with van der Waals surface area (Å²) in [5.41, 5.74) is -8.60. The van der Waals surface area contributed by atoms with Crippen LogP contribution in [0.5, 0.6) is 0 Å². The number of aliphatic hydroxyl groups excluding tert-OH is 2. The van der Waals surface area contributed by atoms with Gasteiger partial charge in [0.1, 0.15) is 23.2 Å². The molecule has 3 fully saturated rings. The van der Waals surface area contributed by atoms with Crippen LogP contribution >= 0.6 is 0 Å². The molecule has 1 unspecified atom stereocenters. The number of esters is 4. The molecular weight excluding hydrogens is 770 g/mol. The molecule has 5 rings (SSSR count). The fraction of sp³-hybridized carbons (Fsp3) is 0.674. The van der Waals surface area contributed by atoms with Crippen LogP contribution in [0, 0.1) is 27.6 Å². The van der Waals surface area contributed by atoms with E-state index in [4.69, 9.17) is 28.4 Å². The molecule has 2 bridgehead atoms. The highest BCUT2D eigenvalue weighted by Gasteiger charge is 2.79. The van der Waals surface area contributed by atoms with Crippen LogP contribution in [0.1, 0.15) is 98.4 Å². The molecule has 16 nitrogen and oxygen atoms in total. The fourth-order valence-corrected chi connectivity index (χ4v) is 9.76. The minimum Gasteiger partial charge on any atom is -0.468 e. The van der Waals surface area contributed by atoms with Gasteiger partial charge in [-0.1, -0.05) is 66.2 Å². The smallest absolute Gasteiger partial charge is 0.407 e. The monoisotopic (exact) mass is 829 g/mol. The van der Waals surface area contributed by atoms with Crippen LogP contribution in [0.3, 0.4) is 0 Å². The standard InChI is InChI=1S/C43H59NO15/c1-11-12-18-55-38(52)44-32(39(4,5)6)29(47)36(50)58-25-20-43(53)34(59-35(49)24-16-14-13-15-17-24)31-41(9,26(46)19-27-42(31,21-56-27)37(51)54-10)33(48)30(57-23(3)45)28(22(25)2)40(43,7)8/h13-17,25-27,29-32,34,46-47,53H,11-12,18-21H2,1-10H3,(H,44,52)/t25-,26-,27+,29+,30+,31?,32+,34-,41+,42-,43+/m0/s1. The maximum absolute atomic E-state index is 15.4. The third-order valence-electron chi connectivity index (χ3n) is 13.2. The molecule has 326 valence electrons. The number of carbonyl (C=O) groups is 6. The first-order chi connectivity index (χ1) is 27.4. The number of alkyl carbamates (subject to hydrolysis) is 1. The summed E-state index contributed by atoms with van der Waals surface area (Å²) in [4.78, 5) is 83.5. The highest BCUT2D eigenvalue weighted by atomic mass is 16.6. The van der Waals surface area contributed by atoms with Gasteiger partial charge in [0.2, 0.25) is 0 Å². The van der Waals surface area contributed by atoms with Gasteiger partial charge < -0.3 is 49.1 Å². The van der Waals surface area contributed by atoms with Gasteiger partial charge in [-0.25, -0.2) is 14.4 Å². The Morgan fingerprint density at radius 1 is 1.03 bits per heavy atom. The lowest BCUT2D eigenvalue weighted by molar-refractivity contribution is -0.313. The van der Waals surface area contributed by atoms with E-state index < -0.39 is 118 Å². The van der Waals surface area contributed by atoms with E-state index in [9.17, 15) is 39.3 Å². The van der Waals surface area contributed by atoms with Gasteiger partial charge in [0.15, 0.2) is 18.0 Å². The Morgan fingerprint density at radius 3 is 2.22 bits per heavy atom. The summed E-state index contributed by atoms with van der Waals surface area (Å²) in [6, 6.07) is 6.58. The molecule has 16 heteroatoms. The lowest BCUT2D eigenvalue weighted by Crippen LogP contribution is -2.80. The fourth-order valence-electron chi connectivity index (χ4n) is 9.76. The van der Waals surface area contributed by atoms with E-state index in [0.29, 0.717) is 6.42 Å². The van der Waals surface area contributed by atoms with Crippen LogP contribution in [0.15, 0.2) is 41.5 Å². The largest absolute Gasteiger partial charge is 0.468 e. The van der Waals surface area contributed by atoms with Crippen molar-refractivity contribution in [2.75, 3.05) is 20.3 Å². The quantitative estimate of drug-likeness (QED) is 0.108. The van der Waals surface area contributed by atoms with Gasteiger partial charge in [-0.05, 0) is 49.0 Å². The second-order valence-corrected chi connectivity index (χ2v) is 18.1. The summed E-state index contributed by atoms with van der Waals surface area (Å²) in [6.45, 7) is 13.8. The molecule has 0 radical (unpaired) electrons. The first kappa shape index (κ1) is 45.7. The number of rotatable bonds is 11. The minimum atomic E-state index is -2.39. The van der Waals surface area contributed by atoms with E-state index in [1.807, 2.05) is 6.92 Å². The van der Waals surface area contributed by atoms with Gasteiger partial charge in [-0.2, -0.15) is 0 Å². The first-order valence-electron chi connectivity index (χ1n) is 20.1. The number of amides is 1.